The molecule has 1 aliphatic heterocycles. The van der Waals surface area contributed by atoms with Crippen LogP contribution in [-0.2, 0) is 16.1 Å². The van der Waals surface area contributed by atoms with E-state index in [2.05, 4.69) is 26.1 Å². The molecule has 1 aromatic carbocycles. The molecule has 1 heterocycles. The molecule has 2 fully saturated rings. The zero-order valence-electron chi connectivity index (χ0n) is 18.6. The molecule has 1 saturated carbocycles. The topological polar surface area (TPSA) is 69.7 Å². The van der Waals surface area contributed by atoms with Crippen molar-refractivity contribution in [3.8, 4) is 0 Å². The van der Waals surface area contributed by atoms with E-state index in [1.165, 1.54) is 4.90 Å². The van der Waals surface area contributed by atoms with Gasteiger partial charge < -0.3 is 10.2 Å². The highest BCUT2D eigenvalue weighted by atomic mass is 35.5. The van der Waals surface area contributed by atoms with E-state index in [0.29, 0.717) is 28.8 Å². The SMILES string of the molecule is CCC(C)(C)C1CCC2(CC1)NC(=O)N(CC(=O)N(C)Cc1ccc(Cl)cc1Cl)C2=O. The number of nitrogens with zero attached hydrogens (tertiary/aromatic N) is 2. The van der Waals surface area contributed by atoms with Crippen molar-refractivity contribution < 1.29 is 14.4 Å². The van der Waals surface area contributed by atoms with E-state index in [1.807, 2.05) is 0 Å². The second-order valence-corrected chi connectivity index (χ2v) is 10.3. The monoisotopic (exact) mass is 467 g/mol. The molecule has 1 N–H and O–H groups in total. The van der Waals surface area contributed by atoms with E-state index < -0.39 is 11.6 Å². The van der Waals surface area contributed by atoms with Crippen LogP contribution in [0.15, 0.2) is 18.2 Å². The van der Waals surface area contributed by atoms with Crippen LogP contribution in [0, 0.1) is 11.3 Å². The molecule has 0 unspecified atom stereocenters. The second kappa shape index (κ2) is 8.99. The van der Waals surface area contributed by atoms with Crippen LogP contribution >= 0.6 is 23.2 Å². The van der Waals surface area contributed by atoms with Crippen molar-refractivity contribution in [3.63, 3.8) is 0 Å². The summed E-state index contributed by atoms with van der Waals surface area (Å²) in [7, 11) is 1.62. The van der Waals surface area contributed by atoms with Crippen molar-refractivity contribution in [2.45, 2.75) is 65.0 Å². The number of urea groups is 1. The predicted molar refractivity (Wildman–Crippen MR) is 122 cm³/mol. The number of benzene rings is 1. The zero-order chi connectivity index (χ0) is 23.0. The van der Waals surface area contributed by atoms with Gasteiger partial charge in [-0.1, -0.05) is 56.5 Å². The van der Waals surface area contributed by atoms with E-state index in [-0.39, 0.29) is 30.3 Å². The maximum Gasteiger partial charge on any atom is 0.325 e. The zero-order valence-corrected chi connectivity index (χ0v) is 20.1. The van der Waals surface area contributed by atoms with Gasteiger partial charge in [0.15, 0.2) is 0 Å². The first kappa shape index (κ1) is 23.9. The first-order valence-corrected chi connectivity index (χ1v) is 11.6. The van der Waals surface area contributed by atoms with Crippen molar-refractivity contribution in [2.24, 2.45) is 11.3 Å². The lowest BCUT2D eigenvalue weighted by molar-refractivity contribution is -0.139. The van der Waals surface area contributed by atoms with Gasteiger partial charge >= 0.3 is 6.03 Å². The number of carbonyl (C=O) groups excluding carboxylic acids is 3. The quantitative estimate of drug-likeness (QED) is 0.606. The van der Waals surface area contributed by atoms with Crippen LogP contribution in [0.25, 0.3) is 0 Å². The number of amides is 4. The molecule has 31 heavy (non-hydrogen) atoms. The third-order valence-electron chi connectivity index (χ3n) is 7.24. The van der Waals surface area contributed by atoms with Crippen LogP contribution < -0.4 is 5.32 Å². The molecule has 8 heteroatoms. The number of likely N-dealkylation sites (N-methyl/N-ethyl adjacent to an activating group) is 1. The van der Waals surface area contributed by atoms with Gasteiger partial charge in [0.05, 0.1) is 0 Å². The molecule has 0 bridgehead atoms. The molecule has 2 aliphatic rings. The number of hydrogen-bond donors (Lipinski definition) is 1. The Balaban J connectivity index is 1.63. The van der Waals surface area contributed by atoms with Crippen LogP contribution in [0.3, 0.4) is 0 Å². The Hall–Kier alpha value is -1.79. The maximum atomic E-state index is 13.2. The Bertz CT molecular complexity index is 879. The summed E-state index contributed by atoms with van der Waals surface area (Å²) in [6.07, 6.45) is 4.10. The second-order valence-electron chi connectivity index (χ2n) is 9.51. The van der Waals surface area contributed by atoms with Gasteiger partial charge in [0.25, 0.3) is 5.91 Å². The molecule has 3 rings (SSSR count). The summed E-state index contributed by atoms with van der Waals surface area (Å²) in [6, 6.07) is 4.60. The smallest absolute Gasteiger partial charge is 0.325 e. The predicted octanol–water partition coefficient (Wildman–Crippen LogP) is 4.87. The number of carbonyl (C=O) groups is 3. The number of imide groups is 1. The van der Waals surface area contributed by atoms with Gasteiger partial charge in [-0.25, -0.2) is 4.79 Å². The Kier molecular flexibility index (Phi) is 6.92. The standard InChI is InChI=1S/C23H31Cl2N3O3/c1-5-22(2,3)16-8-10-23(11-9-16)20(30)28(21(31)26-23)14-19(29)27(4)13-15-6-7-17(24)12-18(15)25/h6-7,12,16H,5,8-11,13-14H2,1-4H3,(H,26,31). The molecule has 1 spiro atoms. The van der Waals surface area contributed by atoms with Gasteiger partial charge in [0.2, 0.25) is 5.91 Å². The van der Waals surface area contributed by atoms with Gasteiger partial charge in [0, 0.05) is 23.6 Å². The fourth-order valence-electron chi connectivity index (χ4n) is 4.59. The van der Waals surface area contributed by atoms with E-state index in [1.54, 1.807) is 25.2 Å². The lowest BCUT2D eigenvalue weighted by Gasteiger charge is -2.42. The lowest BCUT2D eigenvalue weighted by atomic mass is 9.65. The third kappa shape index (κ3) is 4.85. The minimum Gasteiger partial charge on any atom is -0.340 e. The van der Waals surface area contributed by atoms with E-state index in [9.17, 15) is 14.4 Å². The largest absolute Gasteiger partial charge is 0.340 e. The summed E-state index contributed by atoms with van der Waals surface area (Å²) >= 11 is 12.1. The van der Waals surface area contributed by atoms with Crippen LogP contribution in [0.5, 0.6) is 0 Å². The molecule has 4 amide bonds. The molecule has 1 saturated heterocycles. The highest BCUT2D eigenvalue weighted by molar-refractivity contribution is 6.35. The summed E-state index contributed by atoms with van der Waals surface area (Å²) in [6.45, 7) is 6.69. The molecular formula is C23H31Cl2N3O3. The molecule has 1 aliphatic carbocycles. The number of rotatable bonds is 6. The maximum absolute atomic E-state index is 13.2. The van der Waals surface area contributed by atoms with E-state index in [4.69, 9.17) is 23.2 Å². The highest BCUT2D eigenvalue weighted by Crippen LogP contribution is 2.45. The highest BCUT2D eigenvalue weighted by Gasteiger charge is 2.53. The summed E-state index contributed by atoms with van der Waals surface area (Å²) in [5.74, 6) is -0.0809. The van der Waals surface area contributed by atoms with Crippen LogP contribution in [0.1, 0.15) is 58.4 Å². The molecule has 0 aromatic heterocycles. The number of hydrogen-bond acceptors (Lipinski definition) is 3. The summed E-state index contributed by atoms with van der Waals surface area (Å²) in [5, 5.41) is 3.88. The van der Waals surface area contributed by atoms with Crippen LogP contribution in [0.2, 0.25) is 10.0 Å². The fraction of sp³-hybridized carbons (Fsp3) is 0.609. The Labute approximate surface area is 194 Å². The van der Waals surface area contributed by atoms with Gasteiger partial charge in [-0.15, -0.1) is 0 Å². The van der Waals surface area contributed by atoms with Gasteiger partial charge in [0.1, 0.15) is 12.1 Å². The third-order valence-corrected chi connectivity index (χ3v) is 7.83. The first-order chi connectivity index (χ1) is 14.5. The first-order valence-electron chi connectivity index (χ1n) is 10.8. The molecule has 6 nitrogen and oxygen atoms in total. The van der Waals surface area contributed by atoms with Crippen molar-refractivity contribution in [3.05, 3.63) is 33.8 Å². The van der Waals surface area contributed by atoms with E-state index >= 15 is 0 Å². The average Bonchev–Trinajstić information content (AvgIpc) is 2.94. The molecule has 1 aromatic rings. The Morgan fingerprint density at radius 1 is 1.26 bits per heavy atom. The van der Waals surface area contributed by atoms with Gasteiger partial charge in [-0.2, -0.15) is 0 Å². The summed E-state index contributed by atoms with van der Waals surface area (Å²) in [4.78, 5) is 41.0. The Morgan fingerprint density at radius 2 is 1.90 bits per heavy atom. The minimum atomic E-state index is -0.865. The molecule has 0 radical (unpaired) electrons. The lowest BCUT2D eigenvalue weighted by Crippen LogP contribution is -2.51. The van der Waals surface area contributed by atoms with E-state index in [0.717, 1.165) is 29.7 Å². The number of nitrogens with one attached hydrogen (secondary N) is 1. The van der Waals surface area contributed by atoms with Gasteiger partial charge in [-0.05, 0) is 54.7 Å². The van der Waals surface area contributed by atoms with Crippen molar-refractivity contribution in [1.29, 1.82) is 0 Å². The van der Waals surface area contributed by atoms with Crippen molar-refractivity contribution >= 4 is 41.0 Å². The van der Waals surface area contributed by atoms with Crippen LogP contribution in [-0.4, -0.2) is 46.8 Å². The number of halogens is 2. The average molecular weight is 468 g/mol. The van der Waals surface area contributed by atoms with Crippen molar-refractivity contribution in [2.75, 3.05) is 13.6 Å². The summed E-state index contributed by atoms with van der Waals surface area (Å²) in [5.41, 5.74) is 0.0945. The fourth-order valence-corrected chi connectivity index (χ4v) is 5.06. The normalized spacial score (nSPS) is 23.9. The molecule has 0 atom stereocenters. The molecule has 170 valence electrons. The van der Waals surface area contributed by atoms with Crippen molar-refractivity contribution in [1.82, 2.24) is 15.1 Å². The Morgan fingerprint density at radius 3 is 2.48 bits per heavy atom. The van der Waals surface area contributed by atoms with Crippen LogP contribution in [0.4, 0.5) is 4.79 Å². The minimum absolute atomic E-state index is 0.217. The molecular weight excluding hydrogens is 437 g/mol. The summed E-state index contributed by atoms with van der Waals surface area (Å²) < 4.78 is 0. The van der Waals surface area contributed by atoms with Gasteiger partial charge in [-0.3, -0.25) is 14.5 Å².